The lowest BCUT2D eigenvalue weighted by Gasteiger charge is -2.08. The zero-order valence-electron chi connectivity index (χ0n) is 11.7. The van der Waals surface area contributed by atoms with Gasteiger partial charge in [0.05, 0.1) is 18.0 Å². The highest BCUT2D eigenvalue weighted by Crippen LogP contribution is 2.20. The van der Waals surface area contributed by atoms with Crippen LogP contribution >= 0.6 is 12.2 Å². The molecule has 0 aliphatic carbocycles. The molecule has 1 aliphatic heterocycles. The number of amides is 1. The van der Waals surface area contributed by atoms with Gasteiger partial charge in [-0.25, -0.2) is 0 Å². The maximum Gasteiger partial charge on any atom is 0.282 e. The van der Waals surface area contributed by atoms with E-state index in [-0.39, 0.29) is 5.11 Å². The number of hydrogen-bond acceptors (Lipinski definition) is 6. The van der Waals surface area contributed by atoms with E-state index in [0.717, 1.165) is 10.8 Å². The number of ether oxygens (including phenoxy) is 1. The van der Waals surface area contributed by atoms with Crippen molar-refractivity contribution in [1.29, 1.82) is 0 Å². The molecule has 8 heteroatoms. The largest absolute Gasteiger partial charge is 0.494 e. The third-order valence-corrected chi connectivity index (χ3v) is 2.91. The molecule has 21 heavy (non-hydrogen) atoms. The van der Waals surface area contributed by atoms with Crippen molar-refractivity contribution in [2.75, 3.05) is 6.61 Å². The number of carbonyl (C=O) groups is 1. The lowest BCUT2D eigenvalue weighted by Crippen LogP contribution is -2.37. The molecular formula is C13H15N5O2S. The highest BCUT2D eigenvalue weighted by atomic mass is 32.1. The van der Waals surface area contributed by atoms with Crippen LogP contribution in [0.1, 0.15) is 13.8 Å². The lowest BCUT2D eigenvalue weighted by atomic mass is 10.2. The number of nitrogens with two attached hydrogens (primary N) is 1. The minimum Gasteiger partial charge on any atom is -0.494 e. The first-order valence-corrected chi connectivity index (χ1v) is 6.76. The third-order valence-electron chi connectivity index (χ3n) is 2.74. The molecule has 1 heterocycles. The van der Waals surface area contributed by atoms with Crippen molar-refractivity contribution in [3.05, 3.63) is 24.3 Å². The van der Waals surface area contributed by atoms with Crippen LogP contribution in [-0.2, 0) is 4.79 Å². The molecular weight excluding hydrogens is 290 g/mol. The Bertz CT molecular complexity index is 611. The van der Waals surface area contributed by atoms with Crippen LogP contribution in [0.4, 0.5) is 5.69 Å². The summed E-state index contributed by atoms with van der Waals surface area (Å²) in [5, 5.41) is 12.9. The number of carbonyl (C=O) groups excluding carboxylic acids is 1. The van der Waals surface area contributed by atoms with E-state index in [1.807, 2.05) is 6.92 Å². The standard InChI is InChI=1S/C13H15N5O2S/c1-3-20-10-6-4-9(5-7-10)15-16-11-8(2)17-18(12(11)19)13(14)21/h4-7,11H,3H2,1-2H3,(H2,14,21). The van der Waals surface area contributed by atoms with Crippen LogP contribution in [0.25, 0.3) is 0 Å². The van der Waals surface area contributed by atoms with Crippen molar-refractivity contribution < 1.29 is 9.53 Å². The van der Waals surface area contributed by atoms with Crippen LogP contribution in [0, 0.1) is 0 Å². The molecule has 1 aromatic rings. The molecule has 7 nitrogen and oxygen atoms in total. The topological polar surface area (TPSA) is 92.6 Å². The van der Waals surface area contributed by atoms with Gasteiger partial charge >= 0.3 is 0 Å². The zero-order chi connectivity index (χ0) is 15.4. The van der Waals surface area contributed by atoms with Gasteiger partial charge < -0.3 is 10.5 Å². The number of nitrogens with zero attached hydrogens (tertiary/aromatic N) is 4. The van der Waals surface area contributed by atoms with Gasteiger partial charge in [-0.15, -0.1) is 0 Å². The summed E-state index contributed by atoms with van der Waals surface area (Å²) < 4.78 is 5.33. The molecule has 2 N–H and O–H groups in total. The van der Waals surface area contributed by atoms with Crippen molar-refractivity contribution in [3.63, 3.8) is 0 Å². The van der Waals surface area contributed by atoms with Gasteiger partial charge in [-0.3, -0.25) is 4.79 Å². The van der Waals surface area contributed by atoms with Crippen LogP contribution in [0.15, 0.2) is 39.6 Å². The SMILES string of the molecule is CCOc1ccc(N=NC2C(=O)N(C(N)=S)N=C2C)cc1. The Morgan fingerprint density at radius 1 is 1.48 bits per heavy atom. The number of benzene rings is 1. The van der Waals surface area contributed by atoms with Crippen LogP contribution in [0.5, 0.6) is 5.75 Å². The number of hydrogen-bond donors (Lipinski definition) is 1. The fourth-order valence-electron chi connectivity index (χ4n) is 1.75. The van der Waals surface area contributed by atoms with Gasteiger partial charge in [-0.2, -0.15) is 20.3 Å². The van der Waals surface area contributed by atoms with E-state index >= 15 is 0 Å². The van der Waals surface area contributed by atoms with Crippen LogP contribution in [0.3, 0.4) is 0 Å². The molecule has 0 spiro atoms. The molecule has 1 atom stereocenters. The van der Waals surface area contributed by atoms with Crippen LogP contribution < -0.4 is 10.5 Å². The number of thiocarbonyl (C=S) groups is 1. The van der Waals surface area contributed by atoms with Crippen LogP contribution in [-0.4, -0.2) is 34.4 Å². The Hall–Kier alpha value is -2.35. The van der Waals surface area contributed by atoms with Gasteiger partial charge in [0.2, 0.25) is 0 Å². The van der Waals surface area contributed by atoms with E-state index < -0.39 is 11.9 Å². The monoisotopic (exact) mass is 305 g/mol. The molecule has 0 aromatic heterocycles. The van der Waals surface area contributed by atoms with E-state index in [1.165, 1.54) is 0 Å². The molecule has 0 saturated heterocycles. The first-order valence-electron chi connectivity index (χ1n) is 6.35. The summed E-state index contributed by atoms with van der Waals surface area (Å²) in [7, 11) is 0. The number of rotatable bonds is 4. The van der Waals surface area contributed by atoms with E-state index in [0.29, 0.717) is 18.0 Å². The highest BCUT2D eigenvalue weighted by Gasteiger charge is 2.35. The second-order valence-electron chi connectivity index (χ2n) is 4.27. The van der Waals surface area contributed by atoms with Crippen LogP contribution in [0.2, 0.25) is 0 Å². The van der Waals surface area contributed by atoms with Gasteiger partial charge in [0.15, 0.2) is 11.2 Å². The summed E-state index contributed by atoms with van der Waals surface area (Å²) >= 11 is 4.74. The first-order chi connectivity index (χ1) is 10.0. The fourth-order valence-corrected chi connectivity index (χ4v) is 1.88. The molecule has 1 unspecified atom stereocenters. The van der Waals surface area contributed by atoms with Crippen molar-refractivity contribution in [2.45, 2.75) is 19.9 Å². The fraction of sp³-hybridized carbons (Fsp3) is 0.308. The quantitative estimate of drug-likeness (QED) is 0.680. The van der Waals surface area contributed by atoms with Gasteiger partial charge in [0.25, 0.3) is 5.91 Å². The molecule has 110 valence electrons. The molecule has 0 fully saturated rings. The first kappa shape index (κ1) is 15.0. The summed E-state index contributed by atoms with van der Waals surface area (Å²) in [5.41, 5.74) is 6.53. The Kier molecular flexibility index (Phi) is 4.59. The Morgan fingerprint density at radius 3 is 2.67 bits per heavy atom. The van der Waals surface area contributed by atoms with Gasteiger partial charge in [-0.05, 0) is 50.3 Å². The second-order valence-corrected chi connectivity index (χ2v) is 4.69. The Balaban J connectivity index is 2.09. The molecule has 0 bridgehead atoms. The molecule has 0 radical (unpaired) electrons. The molecule has 1 amide bonds. The van der Waals surface area contributed by atoms with Gasteiger partial charge in [0, 0.05) is 0 Å². The average Bonchev–Trinajstić information content (AvgIpc) is 2.74. The normalized spacial score (nSPS) is 18.2. The molecule has 2 rings (SSSR count). The minimum atomic E-state index is -0.780. The summed E-state index contributed by atoms with van der Waals surface area (Å²) in [6, 6.07) is 6.31. The maximum absolute atomic E-state index is 12.0. The lowest BCUT2D eigenvalue weighted by molar-refractivity contribution is -0.126. The smallest absolute Gasteiger partial charge is 0.282 e. The second kappa shape index (κ2) is 6.40. The van der Waals surface area contributed by atoms with Crippen molar-refractivity contribution in [2.24, 2.45) is 21.1 Å². The summed E-state index contributed by atoms with van der Waals surface area (Å²) in [6.45, 7) is 4.19. The summed E-state index contributed by atoms with van der Waals surface area (Å²) in [4.78, 5) is 12.0. The van der Waals surface area contributed by atoms with E-state index in [9.17, 15) is 4.79 Å². The van der Waals surface area contributed by atoms with Crippen molar-refractivity contribution >= 4 is 34.6 Å². The Morgan fingerprint density at radius 2 is 2.14 bits per heavy atom. The maximum atomic E-state index is 12.0. The molecule has 1 aromatic carbocycles. The molecule has 0 saturated carbocycles. The number of hydrazone groups is 1. The number of azo groups is 1. The highest BCUT2D eigenvalue weighted by molar-refractivity contribution is 7.80. The molecule has 1 aliphatic rings. The third kappa shape index (κ3) is 3.40. The van der Waals surface area contributed by atoms with E-state index in [4.69, 9.17) is 22.7 Å². The van der Waals surface area contributed by atoms with E-state index in [2.05, 4.69) is 15.3 Å². The average molecular weight is 305 g/mol. The summed E-state index contributed by atoms with van der Waals surface area (Å²) in [5.74, 6) is 0.362. The summed E-state index contributed by atoms with van der Waals surface area (Å²) in [6.07, 6.45) is 0. The predicted molar refractivity (Wildman–Crippen MR) is 82.7 cm³/mol. The van der Waals surface area contributed by atoms with Gasteiger partial charge in [0.1, 0.15) is 5.75 Å². The Labute approximate surface area is 127 Å². The van der Waals surface area contributed by atoms with E-state index in [1.54, 1.807) is 31.2 Å². The predicted octanol–water partition coefficient (Wildman–Crippen LogP) is 2.00. The van der Waals surface area contributed by atoms with Crippen molar-refractivity contribution in [3.8, 4) is 5.75 Å². The van der Waals surface area contributed by atoms with Gasteiger partial charge in [-0.1, -0.05) is 0 Å². The minimum absolute atomic E-state index is 0.0990. The zero-order valence-corrected chi connectivity index (χ0v) is 12.5. The van der Waals surface area contributed by atoms with Crippen molar-refractivity contribution in [1.82, 2.24) is 5.01 Å².